The summed E-state index contributed by atoms with van der Waals surface area (Å²) in [7, 11) is 0. The van der Waals surface area contributed by atoms with Gasteiger partial charge in [-0.3, -0.25) is 9.59 Å². The van der Waals surface area contributed by atoms with E-state index in [1.54, 1.807) is 17.4 Å². The number of thiophene rings is 1. The maximum absolute atomic E-state index is 11.3. The van der Waals surface area contributed by atoms with Crippen LogP contribution >= 0.6 is 27.3 Å². The van der Waals surface area contributed by atoms with E-state index in [1.165, 1.54) is 6.08 Å². The molecule has 0 fully saturated rings. The van der Waals surface area contributed by atoms with Crippen LogP contribution in [0.1, 0.15) is 17.7 Å². The molecule has 0 radical (unpaired) electrons. The second-order valence-electron chi connectivity index (χ2n) is 3.36. The minimum absolute atomic E-state index is 0.168. The van der Waals surface area contributed by atoms with E-state index in [0.29, 0.717) is 19.4 Å². The fraction of sp³-hybridized carbons (Fsp3) is 0.273. The number of hydrogen-bond donors (Lipinski definition) is 2. The molecule has 0 aromatic carbocycles. The summed E-state index contributed by atoms with van der Waals surface area (Å²) in [6, 6.07) is 1.93. The monoisotopic (exact) mass is 316 g/mol. The smallest absolute Gasteiger partial charge is 0.244 e. The molecule has 0 spiro atoms. The van der Waals surface area contributed by atoms with Gasteiger partial charge in [-0.15, -0.1) is 11.3 Å². The molecule has 6 heteroatoms. The van der Waals surface area contributed by atoms with Gasteiger partial charge in [-0.1, -0.05) is 0 Å². The molecular weight excluding hydrogens is 304 g/mol. The summed E-state index contributed by atoms with van der Waals surface area (Å²) in [4.78, 5) is 22.8. The lowest BCUT2D eigenvalue weighted by atomic mass is 10.3. The minimum atomic E-state index is -0.349. The summed E-state index contributed by atoms with van der Waals surface area (Å²) in [6.07, 6.45) is 4.09. The molecule has 2 amide bonds. The largest absolute Gasteiger partial charge is 0.370 e. The Morgan fingerprint density at radius 1 is 1.53 bits per heavy atom. The van der Waals surface area contributed by atoms with Crippen molar-refractivity contribution in [2.24, 2.45) is 5.73 Å². The molecule has 92 valence electrons. The number of carbonyl (C=O) groups excluding carboxylic acids is 2. The maximum atomic E-state index is 11.3. The van der Waals surface area contributed by atoms with E-state index in [0.717, 1.165) is 9.35 Å². The average molecular weight is 317 g/mol. The number of nitrogens with one attached hydrogen (secondary N) is 1. The lowest BCUT2D eigenvalue weighted by molar-refractivity contribution is -0.119. The SMILES string of the molecule is NC(=O)CCCNC(=O)/C=C\c1cc(Br)cs1. The fourth-order valence-corrected chi connectivity index (χ4v) is 2.44. The van der Waals surface area contributed by atoms with E-state index in [-0.39, 0.29) is 11.8 Å². The highest BCUT2D eigenvalue weighted by molar-refractivity contribution is 9.10. The lowest BCUT2D eigenvalue weighted by Gasteiger charge is -1.99. The van der Waals surface area contributed by atoms with Gasteiger partial charge in [-0.05, 0) is 34.5 Å². The van der Waals surface area contributed by atoms with E-state index in [1.807, 2.05) is 11.4 Å². The third-order valence-electron chi connectivity index (χ3n) is 1.89. The first-order chi connectivity index (χ1) is 8.08. The highest BCUT2D eigenvalue weighted by Gasteiger charge is 1.98. The van der Waals surface area contributed by atoms with Gasteiger partial charge < -0.3 is 11.1 Å². The van der Waals surface area contributed by atoms with Crippen LogP contribution in [-0.2, 0) is 9.59 Å². The zero-order valence-corrected chi connectivity index (χ0v) is 11.5. The van der Waals surface area contributed by atoms with Crippen LogP contribution in [0.15, 0.2) is 22.0 Å². The van der Waals surface area contributed by atoms with Gasteiger partial charge in [0, 0.05) is 33.8 Å². The minimum Gasteiger partial charge on any atom is -0.370 e. The molecule has 0 unspecified atom stereocenters. The maximum Gasteiger partial charge on any atom is 0.244 e. The van der Waals surface area contributed by atoms with Gasteiger partial charge in [0.25, 0.3) is 0 Å². The summed E-state index contributed by atoms with van der Waals surface area (Å²) < 4.78 is 1.00. The van der Waals surface area contributed by atoms with Crippen LogP contribution in [0.3, 0.4) is 0 Å². The quantitative estimate of drug-likeness (QED) is 0.621. The number of halogens is 1. The molecule has 0 bridgehead atoms. The summed E-state index contributed by atoms with van der Waals surface area (Å²) >= 11 is 4.89. The molecule has 1 rings (SSSR count). The first kappa shape index (κ1) is 13.9. The van der Waals surface area contributed by atoms with Crippen LogP contribution in [0.25, 0.3) is 6.08 Å². The third-order valence-corrected chi connectivity index (χ3v) is 3.54. The average Bonchev–Trinajstić information content (AvgIpc) is 2.67. The van der Waals surface area contributed by atoms with Crippen LogP contribution in [0.2, 0.25) is 0 Å². The van der Waals surface area contributed by atoms with E-state index in [9.17, 15) is 9.59 Å². The number of carbonyl (C=O) groups is 2. The molecule has 0 aliphatic carbocycles. The zero-order chi connectivity index (χ0) is 12.7. The van der Waals surface area contributed by atoms with Crippen LogP contribution < -0.4 is 11.1 Å². The molecule has 4 nitrogen and oxygen atoms in total. The second kappa shape index (κ2) is 7.24. The van der Waals surface area contributed by atoms with Gasteiger partial charge in [0.15, 0.2) is 0 Å². The Morgan fingerprint density at radius 2 is 2.29 bits per heavy atom. The van der Waals surface area contributed by atoms with Crippen molar-refractivity contribution in [3.05, 3.63) is 26.9 Å². The topological polar surface area (TPSA) is 72.2 Å². The van der Waals surface area contributed by atoms with E-state index in [4.69, 9.17) is 5.73 Å². The molecule has 1 heterocycles. The Hall–Kier alpha value is -1.14. The Kier molecular flexibility index (Phi) is 5.93. The molecule has 1 aromatic rings. The Labute approximate surface area is 112 Å². The van der Waals surface area contributed by atoms with Crippen LogP contribution in [0.4, 0.5) is 0 Å². The molecule has 0 aliphatic heterocycles. The highest BCUT2D eigenvalue weighted by atomic mass is 79.9. The van der Waals surface area contributed by atoms with E-state index in [2.05, 4.69) is 21.2 Å². The van der Waals surface area contributed by atoms with Crippen molar-refractivity contribution in [2.45, 2.75) is 12.8 Å². The van der Waals surface area contributed by atoms with Crippen molar-refractivity contribution in [3.8, 4) is 0 Å². The van der Waals surface area contributed by atoms with E-state index < -0.39 is 0 Å². The van der Waals surface area contributed by atoms with Crippen LogP contribution in [0, 0.1) is 0 Å². The van der Waals surface area contributed by atoms with Gasteiger partial charge in [-0.2, -0.15) is 0 Å². The Balaban J connectivity index is 2.25. The predicted molar refractivity (Wildman–Crippen MR) is 72.5 cm³/mol. The summed E-state index contributed by atoms with van der Waals surface area (Å²) in [5, 5.41) is 4.62. The number of primary amides is 1. The van der Waals surface area contributed by atoms with Gasteiger partial charge >= 0.3 is 0 Å². The van der Waals surface area contributed by atoms with Gasteiger partial charge in [0.05, 0.1) is 0 Å². The first-order valence-electron chi connectivity index (χ1n) is 5.06. The molecule has 3 N–H and O–H groups in total. The number of nitrogens with two attached hydrogens (primary N) is 1. The number of rotatable bonds is 6. The molecule has 0 saturated carbocycles. The van der Waals surface area contributed by atoms with Crippen molar-refractivity contribution in [1.82, 2.24) is 5.32 Å². The Bertz CT molecular complexity index is 429. The van der Waals surface area contributed by atoms with Gasteiger partial charge in [0.2, 0.25) is 11.8 Å². The van der Waals surface area contributed by atoms with Gasteiger partial charge in [-0.25, -0.2) is 0 Å². The van der Waals surface area contributed by atoms with Crippen molar-refractivity contribution in [1.29, 1.82) is 0 Å². The molecule has 0 aliphatic rings. The zero-order valence-electron chi connectivity index (χ0n) is 9.11. The fourth-order valence-electron chi connectivity index (χ4n) is 1.11. The van der Waals surface area contributed by atoms with Crippen molar-refractivity contribution in [2.75, 3.05) is 6.54 Å². The molecule has 0 saturated heterocycles. The van der Waals surface area contributed by atoms with Crippen molar-refractivity contribution >= 4 is 45.2 Å². The van der Waals surface area contributed by atoms with Gasteiger partial charge in [0.1, 0.15) is 0 Å². The summed E-state index contributed by atoms with van der Waals surface area (Å²) in [5.41, 5.74) is 4.98. The van der Waals surface area contributed by atoms with Crippen molar-refractivity contribution < 1.29 is 9.59 Å². The summed E-state index contributed by atoms with van der Waals surface area (Å²) in [6.45, 7) is 0.459. The summed E-state index contributed by atoms with van der Waals surface area (Å²) in [5.74, 6) is -0.516. The normalized spacial score (nSPS) is 10.6. The molecule has 17 heavy (non-hydrogen) atoms. The predicted octanol–water partition coefficient (Wildman–Crippen LogP) is 1.91. The standard InChI is InChI=1S/C11H13BrN2O2S/c12-8-6-9(17-7-8)3-4-11(16)14-5-1-2-10(13)15/h3-4,6-7H,1-2,5H2,(H2,13,15)(H,14,16)/b4-3-. The lowest BCUT2D eigenvalue weighted by Crippen LogP contribution is -2.23. The van der Waals surface area contributed by atoms with Crippen LogP contribution in [0.5, 0.6) is 0 Å². The molecule has 1 aromatic heterocycles. The third kappa shape index (κ3) is 6.23. The Morgan fingerprint density at radius 3 is 2.88 bits per heavy atom. The van der Waals surface area contributed by atoms with Crippen LogP contribution in [-0.4, -0.2) is 18.4 Å². The number of hydrogen-bond acceptors (Lipinski definition) is 3. The second-order valence-corrected chi connectivity index (χ2v) is 5.22. The molecule has 0 atom stereocenters. The number of amides is 2. The van der Waals surface area contributed by atoms with E-state index >= 15 is 0 Å². The molecular formula is C11H13BrN2O2S. The highest BCUT2D eigenvalue weighted by Crippen LogP contribution is 2.20. The van der Waals surface area contributed by atoms with Crippen molar-refractivity contribution in [3.63, 3.8) is 0 Å². The first-order valence-corrected chi connectivity index (χ1v) is 6.73.